The Labute approximate surface area is 189 Å². The lowest BCUT2D eigenvalue weighted by Gasteiger charge is -2.35. The number of nitrogens with zero attached hydrogens (tertiary/aromatic N) is 1. The molecule has 0 saturated heterocycles. The minimum absolute atomic E-state index is 0.0423. The number of halogens is 3. The van der Waals surface area contributed by atoms with Crippen molar-refractivity contribution in [2.45, 2.75) is 58.7 Å². The molecule has 176 valence electrons. The number of fused-ring (bicyclic) bond motifs is 1. The zero-order valence-electron chi connectivity index (χ0n) is 18.9. The molecule has 2 aromatic rings. The van der Waals surface area contributed by atoms with Crippen LogP contribution < -0.4 is 5.32 Å². The van der Waals surface area contributed by atoms with Gasteiger partial charge in [-0.3, -0.25) is 14.4 Å². The molecule has 0 bridgehead atoms. The number of rotatable bonds is 4. The van der Waals surface area contributed by atoms with Crippen LogP contribution >= 0.6 is 0 Å². The first-order valence-corrected chi connectivity index (χ1v) is 10.8. The number of carbonyl (C=O) groups is 3. The summed E-state index contributed by atoms with van der Waals surface area (Å²) in [6.45, 7) is 6.38. The Hall–Kier alpha value is -3.10. The predicted octanol–water partition coefficient (Wildman–Crippen LogP) is 3.94. The van der Waals surface area contributed by atoms with Gasteiger partial charge in [-0.15, -0.1) is 0 Å². The molecular formula is C24H26F3N3O3. The van der Waals surface area contributed by atoms with Gasteiger partial charge >= 0.3 is 6.18 Å². The number of aryl methyl sites for hydroxylation is 1. The van der Waals surface area contributed by atoms with Crippen LogP contribution in [0.3, 0.4) is 0 Å². The van der Waals surface area contributed by atoms with Crippen LogP contribution in [0.5, 0.6) is 0 Å². The maximum Gasteiger partial charge on any atom is 0.425 e. The molecule has 6 nitrogen and oxygen atoms in total. The standard InChI is InChI=1S/C24H26F3N3O3/c1-13-5-6-17-16(9-13)15(12-28-17)7-8-30-18-10-22(3,4)11-19(32)20(18)23(21(30)33,24(25,26)27)29-14(2)31/h5-6,9,12,28H,7-8,10-11H2,1-4H3,(H,29,31). The molecule has 1 aromatic heterocycles. The number of ketones is 1. The van der Waals surface area contributed by atoms with Crippen molar-refractivity contribution in [3.63, 3.8) is 0 Å². The number of hydrogen-bond acceptors (Lipinski definition) is 3. The van der Waals surface area contributed by atoms with Crippen molar-refractivity contribution < 1.29 is 27.6 Å². The molecule has 2 aliphatic rings. The molecule has 9 heteroatoms. The number of aromatic amines is 1. The highest BCUT2D eigenvalue weighted by Crippen LogP contribution is 2.51. The van der Waals surface area contributed by atoms with Gasteiger partial charge in [0.05, 0.1) is 5.57 Å². The molecule has 0 radical (unpaired) electrons. The molecule has 0 fully saturated rings. The number of allylic oxidation sites excluding steroid dienone is 1. The van der Waals surface area contributed by atoms with E-state index in [0.29, 0.717) is 0 Å². The molecule has 1 aromatic carbocycles. The molecule has 1 atom stereocenters. The van der Waals surface area contributed by atoms with Gasteiger partial charge in [-0.25, -0.2) is 0 Å². The average molecular weight is 461 g/mol. The van der Waals surface area contributed by atoms with Crippen molar-refractivity contribution >= 4 is 28.5 Å². The van der Waals surface area contributed by atoms with Gasteiger partial charge in [0.2, 0.25) is 11.4 Å². The van der Waals surface area contributed by atoms with Crippen LogP contribution in [0.1, 0.15) is 44.7 Å². The maximum absolute atomic E-state index is 14.4. The Morgan fingerprint density at radius 3 is 2.55 bits per heavy atom. The van der Waals surface area contributed by atoms with Gasteiger partial charge in [-0.05, 0) is 42.9 Å². The average Bonchev–Trinajstić information content (AvgIpc) is 3.16. The summed E-state index contributed by atoms with van der Waals surface area (Å²) in [6, 6.07) is 5.84. The molecule has 0 saturated carbocycles. The van der Waals surface area contributed by atoms with E-state index in [0.717, 1.165) is 33.9 Å². The number of aromatic nitrogens is 1. The van der Waals surface area contributed by atoms with Crippen molar-refractivity contribution in [3.8, 4) is 0 Å². The van der Waals surface area contributed by atoms with E-state index in [1.165, 1.54) is 0 Å². The van der Waals surface area contributed by atoms with Gasteiger partial charge in [0, 0.05) is 42.7 Å². The Bertz CT molecular complexity index is 1210. The number of benzene rings is 1. The summed E-state index contributed by atoms with van der Waals surface area (Å²) in [7, 11) is 0. The molecule has 2 heterocycles. The Morgan fingerprint density at radius 2 is 1.91 bits per heavy atom. The van der Waals surface area contributed by atoms with Crippen LogP contribution in [0.25, 0.3) is 10.9 Å². The first-order valence-electron chi connectivity index (χ1n) is 10.8. The van der Waals surface area contributed by atoms with E-state index in [4.69, 9.17) is 0 Å². The van der Waals surface area contributed by atoms with Crippen molar-refractivity contribution in [2.24, 2.45) is 5.41 Å². The third-order valence-corrected chi connectivity index (χ3v) is 6.44. The third kappa shape index (κ3) is 3.63. The number of carbonyl (C=O) groups excluding carboxylic acids is 3. The van der Waals surface area contributed by atoms with Gasteiger partial charge in [0.1, 0.15) is 0 Å². The van der Waals surface area contributed by atoms with Crippen LogP contribution in [0.2, 0.25) is 0 Å². The van der Waals surface area contributed by atoms with Crippen LogP contribution in [-0.2, 0) is 20.8 Å². The number of hydrogen-bond donors (Lipinski definition) is 2. The molecule has 1 aliphatic carbocycles. The summed E-state index contributed by atoms with van der Waals surface area (Å²) in [6.07, 6.45) is -3.11. The van der Waals surface area contributed by atoms with Gasteiger partial charge in [-0.2, -0.15) is 13.2 Å². The first kappa shape index (κ1) is 23.1. The molecule has 4 rings (SSSR count). The van der Waals surface area contributed by atoms with Crippen molar-refractivity contribution in [3.05, 3.63) is 46.8 Å². The van der Waals surface area contributed by atoms with Gasteiger partial charge < -0.3 is 15.2 Å². The zero-order valence-corrected chi connectivity index (χ0v) is 18.9. The van der Waals surface area contributed by atoms with E-state index in [2.05, 4.69) is 4.98 Å². The van der Waals surface area contributed by atoms with E-state index in [-0.39, 0.29) is 31.5 Å². The van der Waals surface area contributed by atoms with Crippen LogP contribution in [0, 0.1) is 12.3 Å². The molecular weight excluding hydrogens is 435 g/mol. The van der Waals surface area contributed by atoms with Gasteiger partial charge in [0.15, 0.2) is 5.78 Å². The lowest BCUT2D eigenvalue weighted by atomic mass is 9.72. The topological polar surface area (TPSA) is 82.3 Å². The number of H-pyrrole nitrogens is 1. The summed E-state index contributed by atoms with van der Waals surface area (Å²) < 4.78 is 43.3. The quantitative estimate of drug-likeness (QED) is 0.724. The fourth-order valence-corrected chi connectivity index (χ4v) is 5.06. The van der Waals surface area contributed by atoms with Crippen molar-refractivity contribution in [1.29, 1.82) is 0 Å². The number of Topliss-reactive ketones (excluding diaryl/α,β-unsaturated/α-hetero) is 1. The molecule has 2 amide bonds. The van der Waals surface area contributed by atoms with Crippen LogP contribution in [0.15, 0.2) is 35.7 Å². The van der Waals surface area contributed by atoms with Crippen molar-refractivity contribution in [1.82, 2.24) is 15.2 Å². The summed E-state index contributed by atoms with van der Waals surface area (Å²) in [5.74, 6) is -3.11. The number of nitrogens with one attached hydrogen (secondary N) is 2. The smallest absolute Gasteiger partial charge is 0.361 e. The minimum Gasteiger partial charge on any atom is -0.361 e. The van der Waals surface area contributed by atoms with E-state index < -0.39 is 40.3 Å². The molecule has 2 N–H and O–H groups in total. The lowest BCUT2D eigenvalue weighted by molar-refractivity contribution is -0.194. The Morgan fingerprint density at radius 1 is 1.21 bits per heavy atom. The maximum atomic E-state index is 14.4. The van der Waals surface area contributed by atoms with Gasteiger partial charge in [-0.1, -0.05) is 25.5 Å². The number of amides is 2. The lowest BCUT2D eigenvalue weighted by Crippen LogP contribution is -2.66. The van der Waals surface area contributed by atoms with E-state index >= 15 is 0 Å². The molecule has 0 spiro atoms. The zero-order chi connectivity index (χ0) is 24.3. The summed E-state index contributed by atoms with van der Waals surface area (Å²) in [5, 5.41) is 2.75. The SMILES string of the molecule is CC(=O)NC1(C(F)(F)F)C(=O)N(CCc2c[nH]c3ccc(C)cc23)C2=C1C(=O)CC(C)(C)C2. The highest BCUT2D eigenvalue weighted by Gasteiger charge is 2.71. The molecule has 1 aliphatic heterocycles. The number of alkyl halides is 3. The molecule has 33 heavy (non-hydrogen) atoms. The highest BCUT2D eigenvalue weighted by atomic mass is 19.4. The normalized spacial score (nSPS) is 22.8. The fourth-order valence-electron chi connectivity index (χ4n) is 5.06. The largest absolute Gasteiger partial charge is 0.425 e. The molecule has 1 unspecified atom stereocenters. The summed E-state index contributed by atoms with van der Waals surface area (Å²) in [5.41, 5.74) is -1.75. The second-order valence-electron chi connectivity index (χ2n) is 9.76. The third-order valence-electron chi connectivity index (χ3n) is 6.44. The van der Waals surface area contributed by atoms with Gasteiger partial charge in [0.25, 0.3) is 5.91 Å². The van der Waals surface area contributed by atoms with E-state index in [1.807, 2.05) is 30.4 Å². The predicted molar refractivity (Wildman–Crippen MR) is 116 cm³/mol. The second-order valence-corrected chi connectivity index (χ2v) is 9.76. The summed E-state index contributed by atoms with van der Waals surface area (Å²) >= 11 is 0. The Balaban J connectivity index is 1.79. The van der Waals surface area contributed by atoms with E-state index in [1.54, 1.807) is 20.0 Å². The van der Waals surface area contributed by atoms with Crippen molar-refractivity contribution in [2.75, 3.05) is 6.54 Å². The minimum atomic E-state index is -5.17. The monoisotopic (exact) mass is 461 g/mol. The highest BCUT2D eigenvalue weighted by molar-refractivity contribution is 6.13. The second kappa shape index (κ2) is 7.46. The summed E-state index contributed by atoms with van der Waals surface area (Å²) in [4.78, 5) is 42.4. The van der Waals surface area contributed by atoms with Crippen LogP contribution in [-0.4, -0.2) is 45.7 Å². The first-order chi connectivity index (χ1) is 15.3. The fraction of sp³-hybridized carbons (Fsp3) is 0.458. The Kier molecular flexibility index (Phi) is 5.22. The van der Waals surface area contributed by atoms with E-state index in [9.17, 15) is 27.6 Å². The van der Waals surface area contributed by atoms with Crippen LogP contribution in [0.4, 0.5) is 13.2 Å².